The van der Waals surface area contributed by atoms with Crippen LogP contribution in [0.3, 0.4) is 0 Å². The number of carbonyl (C=O) groups is 1. The predicted octanol–water partition coefficient (Wildman–Crippen LogP) is 4.45. The molecular weight excluding hydrogens is 346 g/mol. The smallest absolute Gasteiger partial charge is 0.407 e. The fourth-order valence-electron chi connectivity index (χ4n) is 1.98. The molecular formula is C17H18BrNO3. The molecule has 22 heavy (non-hydrogen) atoms. The van der Waals surface area contributed by atoms with Crippen LogP contribution in [0.1, 0.15) is 24.1 Å². The highest BCUT2D eigenvalue weighted by Gasteiger charge is 2.12. The maximum Gasteiger partial charge on any atom is 0.407 e. The van der Waals surface area contributed by atoms with E-state index in [0.717, 1.165) is 21.3 Å². The summed E-state index contributed by atoms with van der Waals surface area (Å²) in [7, 11) is 1.61. The molecule has 0 saturated heterocycles. The molecule has 0 fully saturated rings. The SMILES string of the molecule is COc1ccc([C@H](C)NC(=O)OCc2ccccc2)cc1Br. The zero-order chi connectivity index (χ0) is 15.9. The van der Waals surface area contributed by atoms with Gasteiger partial charge in [-0.25, -0.2) is 4.79 Å². The van der Waals surface area contributed by atoms with Gasteiger partial charge in [0.2, 0.25) is 0 Å². The Morgan fingerprint density at radius 2 is 1.95 bits per heavy atom. The lowest BCUT2D eigenvalue weighted by molar-refractivity contribution is 0.136. The Labute approximate surface area is 138 Å². The van der Waals surface area contributed by atoms with Crippen molar-refractivity contribution < 1.29 is 14.3 Å². The van der Waals surface area contributed by atoms with Gasteiger partial charge in [-0.2, -0.15) is 0 Å². The van der Waals surface area contributed by atoms with E-state index in [0.29, 0.717) is 0 Å². The lowest BCUT2D eigenvalue weighted by Gasteiger charge is -2.15. The first-order chi connectivity index (χ1) is 10.6. The van der Waals surface area contributed by atoms with Crippen molar-refractivity contribution in [3.8, 4) is 5.75 Å². The molecule has 116 valence electrons. The number of ether oxygens (including phenoxy) is 2. The summed E-state index contributed by atoms with van der Waals surface area (Å²) >= 11 is 3.43. The number of benzene rings is 2. The molecule has 2 aromatic rings. The molecule has 4 nitrogen and oxygen atoms in total. The molecule has 0 aliphatic rings. The molecule has 1 N–H and O–H groups in total. The van der Waals surface area contributed by atoms with Crippen LogP contribution in [-0.2, 0) is 11.3 Å². The third-order valence-electron chi connectivity index (χ3n) is 3.22. The highest BCUT2D eigenvalue weighted by molar-refractivity contribution is 9.10. The first-order valence-corrected chi connectivity index (χ1v) is 7.70. The highest BCUT2D eigenvalue weighted by Crippen LogP contribution is 2.27. The number of halogens is 1. The van der Waals surface area contributed by atoms with E-state index >= 15 is 0 Å². The van der Waals surface area contributed by atoms with Gasteiger partial charge in [0, 0.05) is 0 Å². The van der Waals surface area contributed by atoms with Crippen LogP contribution >= 0.6 is 15.9 Å². The summed E-state index contributed by atoms with van der Waals surface area (Å²) in [6, 6.07) is 15.1. The second kappa shape index (κ2) is 7.84. The molecule has 0 radical (unpaired) electrons. The molecule has 0 bridgehead atoms. The number of amides is 1. The minimum Gasteiger partial charge on any atom is -0.496 e. The van der Waals surface area contributed by atoms with Crippen LogP contribution in [-0.4, -0.2) is 13.2 Å². The van der Waals surface area contributed by atoms with Crippen LogP contribution in [0.25, 0.3) is 0 Å². The maximum atomic E-state index is 11.8. The normalized spacial score (nSPS) is 11.6. The highest BCUT2D eigenvalue weighted by atomic mass is 79.9. The largest absolute Gasteiger partial charge is 0.496 e. The van der Waals surface area contributed by atoms with E-state index in [2.05, 4.69) is 21.2 Å². The van der Waals surface area contributed by atoms with Crippen molar-refractivity contribution in [2.75, 3.05) is 7.11 Å². The van der Waals surface area contributed by atoms with E-state index in [4.69, 9.17) is 9.47 Å². The number of hydrogen-bond acceptors (Lipinski definition) is 3. The maximum absolute atomic E-state index is 11.8. The molecule has 0 heterocycles. The zero-order valence-electron chi connectivity index (χ0n) is 12.5. The summed E-state index contributed by atoms with van der Waals surface area (Å²) in [5, 5.41) is 2.81. The van der Waals surface area contributed by atoms with Crippen LogP contribution in [0, 0.1) is 0 Å². The Morgan fingerprint density at radius 1 is 1.23 bits per heavy atom. The van der Waals surface area contributed by atoms with Crippen LogP contribution in [0.5, 0.6) is 5.75 Å². The van der Waals surface area contributed by atoms with Gasteiger partial charge in [0.05, 0.1) is 17.6 Å². The summed E-state index contributed by atoms with van der Waals surface area (Å²) in [4.78, 5) is 11.8. The van der Waals surface area contributed by atoms with Gasteiger partial charge < -0.3 is 14.8 Å². The van der Waals surface area contributed by atoms with Crippen LogP contribution < -0.4 is 10.1 Å². The number of alkyl carbamates (subject to hydrolysis) is 1. The van der Waals surface area contributed by atoms with Crippen molar-refractivity contribution in [2.24, 2.45) is 0 Å². The van der Waals surface area contributed by atoms with Gasteiger partial charge in [-0.3, -0.25) is 0 Å². The molecule has 1 atom stereocenters. The van der Waals surface area contributed by atoms with E-state index in [1.165, 1.54) is 0 Å². The summed E-state index contributed by atoms with van der Waals surface area (Å²) in [5.74, 6) is 0.752. The Balaban J connectivity index is 1.89. The second-order valence-corrected chi connectivity index (χ2v) is 5.68. The first kappa shape index (κ1) is 16.4. The van der Waals surface area contributed by atoms with E-state index in [1.807, 2.05) is 55.5 Å². The summed E-state index contributed by atoms with van der Waals surface area (Å²) in [5.41, 5.74) is 1.92. The summed E-state index contributed by atoms with van der Waals surface area (Å²) in [6.07, 6.45) is -0.441. The average Bonchev–Trinajstić information content (AvgIpc) is 2.53. The standard InChI is InChI=1S/C17H18BrNO3/c1-12(14-8-9-16(21-2)15(18)10-14)19-17(20)22-11-13-6-4-3-5-7-13/h3-10,12H,11H2,1-2H3,(H,19,20)/t12-/m0/s1. The molecule has 0 unspecified atom stereocenters. The molecule has 5 heteroatoms. The molecule has 0 aliphatic heterocycles. The van der Waals surface area contributed by atoms with Gasteiger partial charge in [0.15, 0.2) is 0 Å². The van der Waals surface area contributed by atoms with Crippen LogP contribution in [0.4, 0.5) is 4.79 Å². The van der Waals surface area contributed by atoms with E-state index in [9.17, 15) is 4.79 Å². The third-order valence-corrected chi connectivity index (χ3v) is 3.84. The van der Waals surface area contributed by atoms with Gasteiger partial charge in [0.25, 0.3) is 0 Å². The topological polar surface area (TPSA) is 47.6 Å². The fourth-order valence-corrected chi connectivity index (χ4v) is 2.54. The predicted molar refractivity (Wildman–Crippen MR) is 88.9 cm³/mol. The quantitative estimate of drug-likeness (QED) is 0.853. The molecule has 1 amide bonds. The van der Waals surface area contributed by atoms with Crippen molar-refractivity contribution in [3.63, 3.8) is 0 Å². The summed E-state index contributed by atoms with van der Waals surface area (Å²) in [6.45, 7) is 2.16. The Hall–Kier alpha value is -2.01. The Morgan fingerprint density at radius 3 is 2.59 bits per heavy atom. The summed E-state index contributed by atoms with van der Waals surface area (Å²) < 4.78 is 11.2. The van der Waals surface area contributed by atoms with Crippen molar-refractivity contribution in [1.29, 1.82) is 0 Å². The number of carbonyl (C=O) groups excluding carboxylic acids is 1. The molecule has 2 rings (SSSR count). The monoisotopic (exact) mass is 363 g/mol. The lowest BCUT2D eigenvalue weighted by atomic mass is 10.1. The van der Waals surface area contributed by atoms with Crippen molar-refractivity contribution in [3.05, 3.63) is 64.1 Å². The number of methoxy groups -OCH3 is 1. The van der Waals surface area contributed by atoms with Crippen molar-refractivity contribution >= 4 is 22.0 Å². The van der Waals surface area contributed by atoms with Crippen molar-refractivity contribution in [1.82, 2.24) is 5.32 Å². The minimum atomic E-state index is -0.441. The number of hydrogen-bond donors (Lipinski definition) is 1. The Kier molecular flexibility index (Phi) is 5.83. The molecule has 0 spiro atoms. The molecule has 0 aromatic heterocycles. The zero-order valence-corrected chi connectivity index (χ0v) is 14.1. The van der Waals surface area contributed by atoms with Gasteiger partial charge in [-0.1, -0.05) is 36.4 Å². The second-order valence-electron chi connectivity index (χ2n) is 4.82. The minimum absolute atomic E-state index is 0.162. The van der Waals surface area contributed by atoms with Gasteiger partial charge in [-0.15, -0.1) is 0 Å². The van der Waals surface area contributed by atoms with Gasteiger partial charge >= 0.3 is 6.09 Å². The van der Waals surface area contributed by atoms with E-state index < -0.39 is 6.09 Å². The van der Waals surface area contributed by atoms with E-state index in [1.54, 1.807) is 7.11 Å². The lowest BCUT2D eigenvalue weighted by Crippen LogP contribution is -2.27. The fraction of sp³-hybridized carbons (Fsp3) is 0.235. The van der Waals surface area contributed by atoms with Gasteiger partial charge in [-0.05, 0) is 46.1 Å². The number of rotatable bonds is 5. The van der Waals surface area contributed by atoms with E-state index in [-0.39, 0.29) is 12.6 Å². The van der Waals surface area contributed by atoms with Gasteiger partial charge in [0.1, 0.15) is 12.4 Å². The number of nitrogens with one attached hydrogen (secondary N) is 1. The van der Waals surface area contributed by atoms with Crippen LogP contribution in [0.2, 0.25) is 0 Å². The Bertz CT molecular complexity index is 631. The van der Waals surface area contributed by atoms with Crippen molar-refractivity contribution in [2.45, 2.75) is 19.6 Å². The molecule has 0 aliphatic carbocycles. The average molecular weight is 364 g/mol. The molecule has 0 saturated carbocycles. The molecule has 2 aromatic carbocycles. The first-order valence-electron chi connectivity index (χ1n) is 6.91. The third kappa shape index (κ3) is 4.49. The van der Waals surface area contributed by atoms with Crippen LogP contribution in [0.15, 0.2) is 53.0 Å².